The van der Waals surface area contributed by atoms with Gasteiger partial charge < -0.3 is 10.1 Å². The molecule has 0 aromatic heterocycles. The third-order valence-electron chi connectivity index (χ3n) is 3.29. The molecule has 0 heterocycles. The monoisotopic (exact) mass is 343 g/mol. The van der Waals surface area contributed by atoms with Gasteiger partial charge in [-0.1, -0.05) is 28.1 Å². The quantitative estimate of drug-likeness (QED) is 0.772. The lowest BCUT2D eigenvalue weighted by molar-refractivity contribution is -0.120. The second-order valence-corrected chi connectivity index (χ2v) is 6.55. The molecule has 110 valence electrons. The van der Waals surface area contributed by atoms with Crippen LogP contribution >= 0.6 is 15.9 Å². The summed E-state index contributed by atoms with van der Waals surface area (Å²) in [7, 11) is 0. The third-order valence-corrected chi connectivity index (χ3v) is 3.71. The van der Waals surface area contributed by atoms with Crippen molar-refractivity contribution < 1.29 is 13.9 Å². The summed E-state index contributed by atoms with van der Waals surface area (Å²) in [6.07, 6.45) is 2.19. The first kappa shape index (κ1) is 15.4. The first-order valence-electron chi connectivity index (χ1n) is 6.85. The van der Waals surface area contributed by atoms with Crippen molar-refractivity contribution in [1.29, 1.82) is 0 Å². The Bertz CT molecular complexity index is 446. The number of nitrogens with one attached hydrogen (secondary N) is 1. The van der Waals surface area contributed by atoms with Gasteiger partial charge in [-0.25, -0.2) is 4.39 Å². The van der Waals surface area contributed by atoms with Crippen LogP contribution in [-0.2, 0) is 9.53 Å². The van der Waals surface area contributed by atoms with Gasteiger partial charge in [0.25, 0.3) is 0 Å². The number of hydrogen-bond acceptors (Lipinski definition) is 2. The van der Waals surface area contributed by atoms with E-state index in [9.17, 15) is 9.18 Å². The van der Waals surface area contributed by atoms with Crippen LogP contribution in [0.15, 0.2) is 24.3 Å². The van der Waals surface area contributed by atoms with Crippen LogP contribution < -0.4 is 5.32 Å². The van der Waals surface area contributed by atoms with Gasteiger partial charge in [0.05, 0.1) is 17.5 Å². The van der Waals surface area contributed by atoms with Crippen LogP contribution in [0.3, 0.4) is 0 Å². The van der Waals surface area contributed by atoms with E-state index in [1.165, 1.54) is 25.0 Å². The third kappa shape index (κ3) is 4.87. The molecule has 2 rings (SSSR count). The second kappa shape index (κ2) is 7.18. The molecule has 0 radical (unpaired) electrons. The van der Waals surface area contributed by atoms with Crippen molar-refractivity contribution >= 4 is 21.8 Å². The predicted molar refractivity (Wildman–Crippen MR) is 79.2 cm³/mol. The van der Waals surface area contributed by atoms with Gasteiger partial charge in [-0.3, -0.25) is 4.79 Å². The predicted octanol–water partition coefficient (Wildman–Crippen LogP) is 3.19. The first-order chi connectivity index (χ1) is 9.56. The molecule has 2 unspecified atom stereocenters. The lowest BCUT2D eigenvalue weighted by atomic mass is 10.1. The lowest BCUT2D eigenvalue weighted by Crippen LogP contribution is -2.33. The molecule has 5 heteroatoms. The Kier molecular flexibility index (Phi) is 5.54. The summed E-state index contributed by atoms with van der Waals surface area (Å²) in [5, 5.41) is 2.83. The zero-order valence-electron chi connectivity index (χ0n) is 11.4. The Morgan fingerprint density at radius 2 is 2.10 bits per heavy atom. The summed E-state index contributed by atoms with van der Waals surface area (Å²) in [6.45, 7) is 2.86. The molecule has 1 aromatic carbocycles. The standard InChI is InChI=1S/C15H19BrFNO2/c1-10(16)15(19)18-8-14(20-9-11-2-3-11)12-4-6-13(17)7-5-12/h4-7,10-11,14H,2-3,8-9H2,1H3,(H,18,19). The topological polar surface area (TPSA) is 38.3 Å². The average molecular weight is 344 g/mol. The van der Waals surface area contributed by atoms with Crippen LogP contribution in [0.2, 0.25) is 0 Å². The van der Waals surface area contributed by atoms with Gasteiger partial charge >= 0.3 is 0 Å². The van der Waals surface area contributed by atoms with Crippen LogP contribution in [0.5, 0.6) is 0 Å². The van der Waals surface area contributed by atoms with Gasteiger partial charge in [0.15, 0.2) is 0 Å². The number of alkyl halides is 1. The zero-order chi connectivity index (χ0) is 14.5. The molecule has 1 aromatic rings. The maximum atomic E-state index is 13.0. The van der Waals surface area contributed by atoms with E-state index in [0.717, 1.165) is 5.56 Å². The van der Waals surface area contributed by atoms with Gasteiger partial charge in [-0.2, -0.15) is 0 Å². The molecule has 1 aliphatic rings. The number of carbonyl (C=O) groups is 1. The van der Waals surface area contributed by atoms with Crippen molar-refractivity contribution in [2.24, 2.45) is 5.92 Å². The normalized spacial score (nSPS) is 17.6. The minimum Gasteiger partial charge on any atom is -0.371 e. The fourth-order valence-electron chi connectivity index (χ4n) is 1.82. The maximum absolute atomic E-state index is 13.0. The van der Waals surface area contributed by atoms with Gasteiger partial charge in [-0.15, -0.1) is 0 Å². The number of carbonyl (C=O) groups excluding carboxylic acids is 1. The van der Waals surface area contributed by atoms with E-state index in [-0.39, 0.29) is 22.7 Å². The largest absolute Gasteiger partial charge is 0.371 e. The molecule has 0 bridgehead atoms. The molecule has 0 spiro atoms. The SMILES string of the molecule is CC(Br)C(=O)NCC(OCC1CC1)c1ccc(F)cc1. The van der Waals surface area contributed by atoms with Crippen molar-refractivity contribution in [3.8, 4) is 0 Å². The highest BCUT2D eigenvalue weighted by atomic mass is 79.9. The van der Waals surface area contributed by atoms with Crippen molar-refractivity contribution in [2.75, 3.05) is 13.2 Å². The Morgan fingerprint density at radius 1 is 1.45 bits per heavy atom. The van der Waals surface area contributed by atoms with Crippen LogP contribution in [0.4, 0.5) is 4.39 Å². The summed E-state index contributed by atoms with van der Waals surface area (Å²) in [5.74, 6) is 0.295. The Labute approximate surface area is 127 Å². The molecule has 0 saturated heterocycles. The van der Waals surface area contributed by atoms with Crippen molar-refractivity contribution in [3.63, 3.8) is 0 Å². The molecule has 1 fully saturated rings. The minimum absolute atomic E-state index is 0.0767. The van der Waals surface area contributed by atoms with E-state index in [4.69, 9.17) is 4.74 Å². The Hall–Kier alpha value is -0.940. The number of benzene rings is 1. The number of hydrogen-bond donors (Lipinski definition) is 1. The number of rotatable bonds is 7. The number of ether oxygens (including phenoxy) is 1. The van der Waals surface area contributed by atoms with Crippen molar-refractivity contribution in [1.82, 2.24) is 5.32 Å². The highest BCUT2D eigenvalue weighted by Crippen LogP contribution is 2.31. The van der Waals surface area contributed by atoms with Gasteiger partial charge in [0.2, 0.25) is 5.91 Å². The summed E-state index contributed by atoms with van der Waals surface area (Å²) in [6, 6.07) is 6.24. The summed E-state index contributed by atoms with van der Waals surface area (Å²) in [5.41, 5.74) is 0.884. The van der Waals surface area contributed by atoms with Crippen molar-refractivity contribution in [3.05, 3.63) is 35.6 Å². The summed E-state index contributed by atoms with van der Waals surface area (Å²) < 4.78 is 18.8. The van der Waals surface area contributed by atoms with Crippen LogP contribution in [0.1, 0.15) is 31.4 Å². The lowest BCUT2D eigenvalue weighted by Gasteiger charge is -2.19. The van der Waals surface area contributed by atoms with Crippen molar-refractivity contribution in [2.45, 2.75) is 30.7 Å². The molecular weight excluding hydrogens is 325 g/mol. The van der Waals surface area contributed by atoms with Gasteiger partial charge in [-0.05, 0) is 43.4 Å². The molecule has 0 aliphatic heterocycles. The molecular formula is C15H19BrFNO2. The Balaban J connectivity index is 1.95. The molecule has 1 amide bonds. The van der Waals surface area contributed by atoms with Crippen LogP contribution in [0.25, 0.3) is 0 Å². The number of halogens is 2. The van der Waals surface area contributed by atoms with E-state index in [1.54, 1.807) is 19.1 Å². The molecule has 2 atom stereocenters. The zero-order valence-corrected chi connectivity index (χ0v) is 13.0. The maximum Gasteiger partial charge on any atom is 0.233 e. The van der Waals surface area contributed by atoms with Crippen LogP contribution in [-0.4, -0.2) is 23.9 Å². The van der Waals surface area contributed by atoms with E-state index in [2.05, 4.69) is 21.2 Å². The molecule has 20 heavy (non-hydrogen) atoms. The number of amides is 1. The van der Waals surface area contributed by atoms with E-state index < -0.39 is 0 Å². The van der Waals surface area contributed by atoms with Gasteiger partial charge in [0.1, 0.15) is 5.82 Å². The summed E-state index contributed by atoms with van der Waals surface area (Å²) in [4.78, 5) is 11.4. The first-order valence-corrected chi connectivity index (χ1v) is 7.76. The van der Waals surface area contributed by atoms with E-state index in [1.807, 2.05) is 0 Å². The van der Waals surface area contributed by atoms with E-state index in [0.29, 0.717) is 19.1 Å². The second-order valence-electron chi connectivity index (χ2n) is 5.18. The fraction of sp³-hybridized carbons (Fsp3) is 0.533. The summed E-state index contributed by atoms with van der Waals surface area (Å²) >= 11 is 3.23. The highest BCUT2D eigenvalue weighted by molar-refractivity contribution is 9.10. The fourth-order valence-corrected chi connectivity index (χ4v) is 1.98. The molecule has 1 aliphatic carbocycles. The highest BCUT2D eigenvalue weighted by Gasteiger charge is 2.24. The van der Waals surface area contributed by atoms with Gasteiger partial charge in [0, 0.05) is 6.54 Å². The minimum atomic E-state index is -0.271. The molecule has 3 nitrogen and oxygen atoms in total. The average Bonchev–Trinajstić information content (AvgIpc) is 3.24. The van der Waals surface area contributed by atoms with E-state index >= 15 is 0 Å². The molecule has 1 saturated carbocycles. The Morgan fingerprint density at radius 3 is 2.65 bits per heavy atom. The molecule has 1 N–H and O–H groups in total. The van der Waals surface area contributed by atoms with Crippen LogP contribution in [0, 0.1) is 11.7 Å². The smallest absolute Gasteiger partial charge is 0.233 e.